The highest BCUT2D eigenvalue weighted by Gasteiger charge is 2.09. The molecule has 0 aliphatic heterocycles. The third kappa shape index (κ3) is 4.35. The Balaban J connectivity index is 1.44. The fourth-order valence-corrected chi connectivity index (χ4v) is 4.01. The van der Waals surface area contributed by atoms with Crippen LogP contribution in [-0.4, -0.2) is 10.9 Å². The number of anilines is 1. The van der Waals surface area contributed by atoms with Crippen LogP contribution in [-0.2, 0) is 17.6 Å². The van der Waals surface area contributed by atoms with Crippen LogP contribution in [0, 0.1) is 0 Å². The second-order valence-corrected chi connectivity index (χ2v) is 7.85. The summed E-state index contributed by atoms with van der Waals surface area (Å²) in [7, 11) is 0. The predicted octanol–water partition coefficient (Wildman–Crippen LogP) is 5.72. The molecule has 4 rings (SSSR count). The lowest BCUT2D eigenvalue weighted by atomic mass is 10.0. The molecule has 0 bridgehead atoms. The van der Waals surface area contributed by atoms with Crippen LogP contribution in [0.2, 0.25) is 5.02 Å². The summed E-state index contributed by atoms with van der Waals surface area (Å²) in [4.78, 5) is 17.7. The second-order valence-electron chi connectivity index (χ2n) is 6.30. The number of carbonyl (C=O) groups excluding carboxylic acids is 1. The molecule has 1 heterocycles. The van der Waals surface area contributed by atoms with Gasteiger partial charge in [-0.05, 0) is 34.0 Å². The van der Waals surface area contributed by atoms with Gasteiger partial charge in [0.15, 0.2) is 5.13 Å². The van der Waals surface area contributed by atoms with Crippen LogP contribution in [0.3, 0.4) is 0 Å². The molecule has 0 saturated heterocycles. The zero-order valence-corrected chi connectivity index (χ0v) is 16.1. The van der Waals surface area contributed by atoms with E-state index in [4.69, 9.17) is 11.6 Å². The Bertz CT molecular complexity index is 1080. The van der Waals surface area contributed by atoms with Gasteiger partial charge in [0.2, 0.25) is 5.91 Å². The standard InChI is InChI=1S/C22H17ClN2OS/c23-18-10-8-15(9-11-18)12-21(26)25-22-24-14-19(27-22)13-17-6-3-5-16-4-1-2-7-20(16)17/h1-11,14H,12-13H2,(H,24,25,26). The minimum absolute atomic E-state index is 0.0802. The summed E-state index contributed by atoms with van der Waals surface area (Å²) in [5.74, 6) is -0.0802. The Morgan fingerprint density at radius 2 is 1.78 bits per heavy atom. The molecule has 1 aromatic heterocycles. The first-order valence-corrected chi connectivity index (χ1v) is 9.82. The van der Waals surface area contributed by atoms with Crippen LogP contribution in [0.4, 0.5) is 5.13 Å². The van der Waals surface area contributed by atoms with Crippen molar-refractivity contribution in [1.29, 1.82) is 0 Å². The third-order valence-corrected chi connectivity index (χ3v) is 5.49. The number of amides is 1. The van der Waals surface area contributed by atoms with Crippen molar-refractivity contribution in [3.05, 3.63) is 94.0 Å². The maximum atomic E-state index is 12.2. The minimum Gasteiger partial charge on any atom is -0.302 e. The van der Waals surface area contributed by atoms with Gasteiger partial charge in [-0.2, -0.15) is 0 Å². The van der Waals surface area contributed by atoms with Crippen molar-refractivity contribution in [3.63, 3.8) is 0 Å². The lowest BCUT2D eigenvalue weighted by molar-refractivity contribution is -0.115. The number of fused-ring (bicyclic) bond motifs is 1. The normalized spacial score (nSPS) is 10.9. The summed E-state index contributed by atoms with van der Waals surface area (Å²) in [6.45, 7) is 0. The molecule has 134 valence electrons. The Labute approximate surface area is 166 Å². The molecular weight excluding hydrogens is 376 g/mol. The van der Waals surface area contributed by atoms with Crippen molar-refractivity contribution >= 4 is 44.7 Å². The summed E-state index contributed by atoms with van der Waals surface area (Å²) in [6.07, 6.45) is 2.94. The van der Waals surface area contributed by atoms with Crippen molar-refractivity contribution < 1.29 is 4.79 Å². The Hall–Kier alpha value is -2.69. The van der Waals surface area contributed by atoms with Crippen molar-refractivity contribution in [2.45, 2.75) is 12.8 Å². The van der Waals surface area contributed by atoms with Crippen molar-refractivity contribution in [1.82, 2.24) is 4.98 Å². The van der Waals surface area contributed by atoms with E-state index in [9.17, 15) is 4.79 Å². The second kappa shape index (κ2) is 7.91. The van der Waals surface area contributed by atoms with E-state index in [0.29, 0.717) is 16.6 Å². The SMILES string of the molecule is O=C(Cc1ccc(Cl)cc1)Nc1ncc(Cc2cccc3ccccc23)s1. The van der Waals surface area contributed by atoms with Gasteiger partial charge in [0.1, 0.15) is 0 Å². The molecule has 1 N–H and O–H groups in total. The number of hydrogen-bond acceptors (Lipinski definition) is 3. The summed E-state index contributed by atoms with van der Waals surface area (Å²) in [5.41, 5.74) is 2.18. The first-order chi connectivity index (χ1) is 13.2. The number of benzene rings is 3. The number of halogens is 1. The van der Waals surface area contributed by atoms with Gasteiger partial charge in [0.25, 0.3) is 0 Å². The predicted molar refractivity (Wildman–Crippen MR) is 113 cm³/mol. The van der Waals surface area contributed by atoms with Crippen LogP contribution >= 0.6 is 22.9 Å². The van der Waals surface area contributed by atoms with Gasteiger partial charge in [-0.15, -0.1) is 11.3 Å². The number of nitrogens with one attached hydrogen (secondary N) is 1. The van der Waals surface area contributed by atoms with Crippen LogP contribution in [0.15, 0.2) is 72.9 Å². The monoisotopic (exact) mass is 392 g/mol. The van der Waals surface area contributed by atoms with Gasteiger partial charge in [-0.25, -0.2) is 4.98 Å². The molecule has 4 aromatic rings. The summed E-state index contributed by atoms with van der Waals surface area (Å²) < 4.78 is 0. The Kier molecular flexibility index (Phi) is 5.19. The van der Waals surface area contributed by atoms with Crippen LogP contribution in [0.5, 0.6) is 0 Å². The fourth-order valence-electron chi connectivity index (χ4n) is 3.03. The first-order valence-electron chi connectivity index (χ1n) is 8.63. The lowest BCUT2D eigenvalue weighted by Crippen LogP contribution is -2.13. The lowest BCUT2D eigenvalue weighted by Gasteiger charge is -2.04. The number of hydrogen-bond donors (Lipinski definition) is 1. The molecule has 0 atom stereocenters. The summed E-state index contributed by atoms with van der Waals surface area (Å²) in [5, 5.41) is 6.66. The average molecular weight is 393 g/mol. The van der Waals surface area contributed by atoms with Gasteiger partial charge >= 0.3 is 0 Å². The maximum Gasteiger partial charge on any atom is 0.230 e. The molecule has 0 saturated carbocycles. The molecule has 3 nitrogen and oxygen atoms in total. The molecular formula is C22H17ClN2OS. The van der Waals surface area contributed by atoms with Gasteiger partial charge in [-0.1, -0.05) is 66.2 Å². The highest BCUT2D eigenvalue weighted by atomic mass is 35.5. The molecule has 0 unspecified atom stereocenters. The molecule has 0 fully saturated rings. The molecule has 1 amide bonds. The fraction of sp³-hybridized carbons (Fsp3) is 0.0909. The quantitative estimate of drug-likeness (QED) is 0.471. The topological polar surface area (TPSA) is 42.0 Å². The minimum atomic E-state index is -0.0802. The van der Waals surface area contributed by atoms with Crippen molar-refractivity contribution in [2.75, 3.05) is 5.32 Å². The number of aromatic nitrogens is 1. The zero-order chi connectivity index (χ0) is 18.6. The van der Waals surface area contributed by atoms with Crippen LogP contribution < -0.4 is 5.32 Å². The van der Waals surface area contributed by atoms with E-state index in [1.807, 2.05) is 24.4 Å². The zero-order valence-electron chi connectivity index (χ0n) is 14.5. The van der Waals surface area contributed by atoms with Gasteiger partial charge in [0.05, 0.1) is 6.42 Å². The highest BCUT2D eigenvalue weighted by Crippen LogP contribution is 2.25. The van der Waals surface area contributed by atoms with E-state index in [1.54, 1.807) is 12.1 Å². The summed E-state index contributed by atoms with van der Waals surface area (Å²) in [6, 6.07) is 22.0. The third-order valence-electron chi connectivity index (χ3n) is 4.32. The van der Waals surface area contributed by atoms with Crippen LogP contribution in [0.1, 0.15) is 16.0 Å². The van der Waals surface area contributed by atoms with Gasteiger partial charge in [0, 0.05) is 22.5 Å². The van der Waals surface area contributed by atoms with Gasteiger partial charge in [-0.3, -0.25) is 4.79 Å². The molecule has 0 spiro atoms. The average Bonchev–Trinajstić information content (AvgIpc) is 3.10. The highest BCUT2D eigenvalue weighted by molar-refractivity contribution is 7.15. The van der Waals surface area contributed by atoms with Gasteiger partial charge < -0.3 is 5.32 Å². The maximum absolute atomic E-state index is 12.2. The Morgan fingerprint density at radius 3 is 2.63 bits per heavy atom. The number of rotatable bonds is 5. The van der Waals surface area contributed by atoms with Crippen molar-refractivity contribution in [3.8, 4) is 0 Å². The number of carbonyl (C=O) groups is 1. The molecule has 27 heavy (non-hydrogen) atoms. The Morgan fingerprint density at radius 1 is 1.00 bits per heavy atom. The molecule has 0 radical (unpaired) electrons. The molecule has 0 aliphatic rings. The van der Waals surface area contributed by atoms with E-state index in [0.717, 1.165) is 16.9 Å². The molecule has 3 aromatic carbocycles. The molecule has 5 heteroatoms. The van der Waals surface area contributed by atoms with E-state index in [-0.39, 0.29) is 5.91 Å². The number of nitrogens with zero attached hydrogens (tertiary/aromatic N) is 1. The summed E-state index contributed by atoms with van der Waals surface area (Å²) >= 11 is 7.39. The van der Waals surface area contributed by atoms with E-state index < -0.39 is 0 Å². The number of thiazole rings is 1. The van der Waals surface area contributed by atoms with E-state index in [1.165, 1.54) is 27.7 Å². The first kappa shape index (κ1) is 17.7. The van der Waals surface area contributed by atoms with Crippen LogP contribution in [0.25, 0.3) is 10.8 Å². The van der Waals surface area contributed by atoms with Crippen molar-refractivity contribution in [2.24, 2.45) is 0 Å². The smallest absolute Gasteiger partial charge is 0.230 e. The molecule has 0 aliphatic carbocycles. The van der Waals surface area contributed by atoms with E-state index >= 15 is 0 Å². The largest absolute Gasteiger partial charge is 0.302 e. The van der Waals surface area contributed by atoms with E-state index in [2.05, 4.69) is 46.7 Å².